The van der Waals surface area contributed by atoms with Gasteiger partial charge in [0.05, 0.1) is 12.1 Å². The first-order chi connectivity index (χ1) is 18.5. The van der Waals surface area contributed by atoms with Gasteiger partial charge < -0.3 is 9.73 Å². The highest BCUT2D eigenvalue weighted by atomic mass is 35.5. The molecule has 2 aromatic heterocycles. The first kappa shape index (κ1) is 26.5. The van der Waals surface area contributed by atoms with E-state index >= 15 is 0 Å². The zero-order valence-electron chi connectivity index (χ0n) is 21.8. The van der Waals surface area contributed by atoms with Gasteiger partial charge in [0.2, 0.25) is 5.91 Å². The van der Waals surface area contributed by atoms with Crippen LogP contribution in [-0.2, 0) is 30.7 Å². The molecule has 0 aliphatic heterocycles. The summed E-state index contributed by atoms with van der Waals surface area (Å²) < 4.78 is 6.19. The Morgan fingerprint density at radius 2 is 1.95 bits per heavy atom. The first-order valence-electron chi connectivity index (χ1n) is 13.3. The number of nitrogens with one attached hydrogen (secondary N) is 1. The Hall–Kier alpha value is -3.11. The Bertz CT molecular complexity index is 1430. The molecule has 7 heteroatoms. The standard InChI is InChI=1S/C31H32ClN3O2S/c1-3-21(4-2)30(36)34-31-27(17-33)26-14-13-24(16-29(26)38-31)35(18-20-9-11-23(32)12-10-20)19-25-15-22-7-5-6-8-28(22)37-25/h5-12,15,21,24H,3-4,13-14,16,18-19H2,1-2H3,(H,34,36). The molecule has 1 aliphatic rings. The number of carbonyl (C=O) groups is 1. The average molecular weight is 546 g/mol. The van der Waals surface area contributed by atoms with E-state index in [0.717, 1.165) is 66.0 Å². The van der Waals surface area contributed by atoms with Gasteiger partial charge in [0, 0.05) is 33.8 Å². The molecular weight excluding hydrogens is 514 g/mol. The fourth-order valence-electron chi connectivity index (χ4n) is 5.41. The summed E-state index contributed by atoms with van der Waals surface area (Å²) in [4.78, 5) is 16.5. The van der Waals surface area contributed by atoms with Crippen molar-refractivity contribution in [3.05, 3.63) is 86.9 Å². The van der Waals surface area contributed by atoms with E-state index in [9.17, 15) is 10.1 Å². The van der Waals surface area contributed by atoms with Crippen molar-refractivity contribution < 1.29 is 9.21 Å². The highest BCUT2D eigenvalue weighted by Crippen LogP contribution is 2.40. The van der Waals surface area contributed by atoms with Gasteiger partial charge in [-0.15, -0.1) is 11.3 Å². The molecule has 0 bridgehead atoms. The fourth-order valence-corrected chi connectivity index (χ4v) is 6.81. The lowest BCUT2D eigenvalue weighted by Gasteiger charge is -2.34. The van der Waals surface area contributed by atoms with E-state index in [0.29, 0.717) is 17.1 Å². The van der Waals surface area contributed by atoms with Crippen molar-refractivity contribution in [3.63, 3.8) is 0 Å². The van der Waals surface area contributed by atoms with Crippen molar-refractivity contribution in [2.75, 3.05) is 5.32 Å². The molecule has 1 aliphatic carbocycles. The molecule has 4 aromatic rings. The number of halogens is 1. The molecule has 196 valence electrons. The number of nitriles is 1. The predicted octanol–water partition coefficient (Wildman–Crippen LogP) is 7.95. The fraction of sp³-hybridized carbons (Fsp3) is 0.355. The number of hydrogen-bond acceptors (Lipinski definition) is 5. The number of nitrogens with zero attached hydrogens (tertiary/aromatic N) is 2. The Balaban J connectivity index is 1.41. The minimum absolute atomic E-state index is 0.0101. The van der Waals surface area contributed by atoms with Crippen LogP contribution in [0.25, 0.3) is 11.0 Å². The minimum atomic E-state index is -0.0351. The summed E-state index contributed by atoms with van der Waals surface area (Å²) in [7, 11) is 0. The SMILES string of the molecule is CCC(CC)C(=O)Nc1sc2c(c1C#N)CCC(N(Cc1ccc(Cl)cc1)Cc1cc3ccccc3o1)C2. The largest absolute Gasteiger partial charge is 0.460 e. The van der Waals surface area contributed by atoms with Crippen LogP contribution in [0.15, 0.2) is 59.0 Å². The van der Waals surface area contributed by atoms with Gasteiger partial charge in [-0.2, -0.15) is 5.26 Å². The summed E-state index contributed by atoms with van der Waals surface area (Å²) in [5.74, 6) is 0.913. The van der Waals surface area contributed by atoms with Crippen LogP contribution in [0.1, 0.15) is 60.4 Å². The molecule has 1 atom stereocenters. The van der Waals surface area contributed by atoms with E-state index in [2.05, 4.69) is 40.6 Å². The Morgan fingerprint density at radius 3 is 2.66 bits per heavy atom. The topological polar surface area (TPSA) is 69.3 Å². The van der Waals surface area contributed by atoms with E-state index in [1.807, 2.05) is 44.2 Å². The summed E-state index contributed by atoms with van der Waals surface area (Å²) >= 11 is 7.72. The van der Waals surface area contributed by atoms with Crippen molar-refractivity contribution in [3.8, 4) is 6.07 Å². The summed E-state index contributed by atoms with van der Waals surface area (Å²) in [6, 6.07) is 20.9. The number of furan rings is 1. The molecule has 0 fully saturated rings. The van der Waals surface area contributed by atoms with Gasteiger partial charge >= 0.3 is 0 Å². The summed E-state index contributed by atoms with van der Waals surface area (Å²) in [6.45, 7) is 5.51. The molecule has 1 N–H and O–H groups in total. The van der Waals surface area contributed by atoms with Gasteiger partial charge in [-0.05, 0) is 67.5 Å². The van der Waals surface area contributed by atoms with Gasteiger partial charge in [-0.1, -0.05) is 55.8 Å². The Kier molecular flexibility index (Phi) is 8.18. The molecule has 0 radical (unpaired) electrons. The van der Waals surface area contributed by atoms with Crippen LogP contribution in [0.2, 0.25) is 5.02 Å². The summed E-state index contributed by atoms with van der Waals surface area (Å²) in [5, 5.41) is 15.6. The molecule has 2 aromatic carbocycles. The molecule has 5 nitrogen and oxygen atoms in total. The number of thiophene rings is 1. The normalized spacial score (nSPS) is 15.1. The van der Waals surface area contributed by atoms with Crippen LogP contribution in [0.4, 0.5) is 5.00 Å². The zero-order valence-corrected chi connectivity index (χ0v) is 23.4. The van der Waals surface area contributed by atoms with Gasteiger partial charge in [-0.3, -0.25) is 9.69 Å². The van der Waals surface area contributed by atoms with Crippen LogP contribution >= 0.6 is 22.9 Å². The monoisotopic (exact) mass is 545 g/mol. The van der Waals surface area contributed by atoms with Crippen molar-refractivity contribution in [1.82, 2.24) is 4.90 Å². The van der Waals surface area contributed by atoms with E-state index < -0.39 is 0 Å². The smallest absolute Gasteiger partial charge is 0.228 e. The number of rotatable bonds is 9. The van der Waals surface area contributed by atoms with Crippen LogP contribution in [-0.4, -0.2) is 16.8 Å². The van der Waals surface area contributed by atoms with Crippen LogP contribution < -0.4 is 5.32 Å². The van der Waals surface area contributed by atoms with Gasteiger partial charge in [0.1, 0.15) is 22.4 Å². The van der Waals surface area contributed by atoms with E-state index in [1.165, 1.54) is 10.4 Å². The zero-order chi connectivity index (χ0) is 26.6. The second kappa shape index (κ2) is 11.7. The number of anilines is 1. The highest BCUT2D eigenvalue weighted by molar-refractivity contribution is 7.16. The quantitative estimate of drug-likeness (QED) is 0.231. The third-order valence-electron chi connectivity index (χ3n) is 7.59. The Morgan fingerprint density at radius 1 is 1.18 bits per heavy atom. The first-order valence-corrected chi connectivity index (χ1v) is 14.5. The average Bonchev–Trinajstić information content (AvgIpc) is 3.49. The molecule has 0 spiro atoms. The van der Waals surface area contributed by atoms with Crippen molar-refractivity contribution in [1.29, 1.82) is 5.26 Å². The maximum Gasteiger partial charge on any atom is 0.228 e. The molecule has 38 heavy (non-hydrogen) atoms. The van der Waals surface area contributed by atoms with Crippen LogP contribution in [0.5, 0.6) is 0 Å². The molecule has 1 amide bonds. The second-order valence-corrected chi connectivity index (χ2v) is 11.5. The number of benzene rings is 2. The maximum atomic E-state index is 12.8. The van der Waals surface area contributed by atoms with Crippen molar-refractivity contribution >= 4 is 44.8 Å². The third kappa shape index (κ3) is 5.66. The number of fused-ring (bicyclic) bond motifs is 2. The van der Waals surface area contributed by atoms with Gasteiger partial charge in [-0.25, -0.2) is 0 Å². The third-order valence-corrected chi connectivity index (χ3v) is 9.02. The minimum Gasteiger partial charge on any atom is -0.460 e. The lowest BCUT2D eigenvalue weighted by Crippen LogP contribution is -2.38. The number of amides is 1. The molecular formula is C31H32ClN3O2S. The molecule has 0 saturated heterocycles. The highest BCUT2D eigenvalue weighted by Gasteiger charge is 2.31. The van der Waals surface area contributed by atoms with Crippen molar-refractivity contribution in [2.45, 2.75) is 65.1 Å². The van der Waals surface area contributed by atoms with E-state index in [-0.39, 0.29) is 17.9 Å². The number of para-hydroxylation sites is 1. The van der Waals surface area contributed by atoms with Gasteiger partial charge in [0.25, 0.3) is 0 Å². The van der Waals surface area contributed by atoms with Crippen LogP contribution in [0.3, 0.4) is 0 Å². The van der Waals surface area contributed by atoms with Gasteiger partial charge in [0.15, 0.2) is 0 Å². The Labute approximate surface area is 233 Å². The van der Waals surface area contributed by atoms with E-state index in [4.69, 9.17) is 16.0 Å². The molecule has 5 rings (SSSR count). The van der Waals surface area contributed by atoms with E-state index in [1.54, 1.807) is 11.3 Å². The number of hydrogen-bond donors (Lipinski definition) is 1. The lowest BCUT2D eigenvalue weighted by atomic mass is 9.90. The predicted molar refractivity (Wildman–Crippen MR) is 154 cm³/mol. The lowest BCUT2D eigenvalue weighted by molar-refractivity contribution is -0.120. The molecule has 2 heterocycles. The summed E-state index contributed by atoms with van der Waals surface area (Å²) in [5.41, 5.74) is 3.83. The second-order valence-electron chi connectivity index (χ2n) is 10.0. The van der Waals surface area contributed by atoms with Crippen molar-refractivity contribution in [2.24, 2.45) is 5.92 Å². The molecule has 0 saturated carbocycles. The van der Waals surface area contributed by atoms with Crippen LogP contribution in [0, 0.1) is 17.2 Å². The summed E-state index contributed by atoms with van der Waals surface area (Å²) in [6.07, 6.45) is 4.17. The molecule has 1 unspecified atom stereocenters. The number of carbonyl (C=O) groups excluding carboxylic acids is 1. The maximum absolute atomic E-state index is 12.8.